The van der Waals surface area contributed by atoms with Crippen LogP contribution in [0.2, 0.25) is 0 Å². The monoisotopic (exact) mass is 357 g/mol. The van der Waals surface area contributed by atoms with Crippen LogP contribution in [-0.2, 0) is 14.3 Å². The van der Waals surface area contributed by atoms with Gasteiger partial charge in [-0.2, -0.15) is 0 Å². The number of ether oxygens (including phenoxy) is 2. The molecule has 22 heavy (non-hydrogen) atoms. The SMILES string of the molecule is CCC1CN(C(=O)C2COCCN2)CCN1CCOC.Cl.Cl. The molecule has 2 aliphatic rings. The van der Waals surface area contributed by atoms with Crippen LogP contribution in [0.15, 0.2) is 0 Å². The second-order valence-corrected chi connectivity index (χ2v) is 5.46. The topological polar surface area (TPSA) is 54.0 Å². The summed E-state index contributed by atoms with van der Waals surface area (Å²) >= 11 is 0. The van der Waals surface area contributed by atoms with Gasteiger partial charge in [-0.3, -0.25) is 9.69 Å². The van der Waals surface area contributed by atoms with Gasteiger partial charge in [-0.1, -0.05) is 6.92 Å². The maximum Gasteiger partial charge on any atom is 0.242 e. The quantitative estimate of drug-likeness (QED) is 0.771. The van der Waals surface area contributed by atoms with Gasteiger partial charge in [0.15, 0.2) is 0 Å². The number of nitrogens with zero attached hydrogens (tertiary/aromatic N) is 2. The zero-order valence-electron chi connectivity index (χ0n) is 13.5. The molecular formula is C14H29Cl2N3O3. The lowest BCUT2D eigenvalue weighted by atomic mass is 10.1. The van der Waals surface area contributed by atoms with E-state index in [1.165, 1.54) is 0 Å². The van der Waals surface area contributed by atoms with Gasteiger partial charge in [0.1, 0.15) is 6.04 Å². The second-order valence-electron chi connectivity index (χ2n) is 5.46. The number of methoxy groups -OCH3 is 1. The van der Waals surface area contributed by atoms with Gasteiger partial charge < -0.3 is 19.7 Å². The van der Waals surface area contributed by atoms with Crippen molar-refractivity contribution < 1.29 is 14.3 Å². The average molecular weight is 358 g/mol. The van der Waals surface area contributed by atoms with Crippen LogP contribution in [0.4, 0.5) is 0 Å². The molecule has 0 aliphatic carbocycles. The lowest BCUT2D eigenvalue weighted by Gasteiger charge is -2.42. The van der Waals surface area contributed by atoms with Gasteiger partial charge in [0.25, 0.3) is 0 Å². The molecule has 132 valence electrons. The molecule has 2 saturated heterocycles. The average Bonchev–Trinajstić information content (AvgIpc) is 2.52. The summed E-state index contributed by atoms with van der Waals surface area (Å²) in [5.41, 5.74) is 0. The summed E-state index contributed by atoms with van der Waals surface area (Å²) < 4.78 is 10.5. The molecule has 1 amide bonds. The van der Waals surface area contributed by atoms with Gasteiger partial charge in [-0.05, 0) is 6.42 Å². The van der Waals surface area contributed by atoms with Gasteiger partial charge in [0, 0.05) is 45.9 Å². The smallest absolute Gasteiger partial charge is 0.242 e. The Morgan fingerprint density at radius 1 is 1.36 bits per heavy atom. The summed E-state index contributed by atoms with van der Waals surface area (Å²) in [7, 11) is 1.73. The predicted octanol–water partition coefficient (Wildman–Crippen LogP) is 0.388. The number of carbonyl (C=O) groups excluding carboxylic acids is 1. The molecule has 2 unspecified atom stereocenters. The molecule has 0 radical (unpaired) electrons. The van der Waals surface area contributed by atoms with Crippen molar-refractivity contribution in [2.24, 2.45) is 0 Å². The number of hydrogen-bond donors (Lipinski definition) is 1. The van der Waals surface area contributed by atoms with Crippen molar-refractivity contribution >= 4 is 30.7 Å². The van der Waals surface area contributed by atoms with Crippen LogP contribution in [0.1, 0.15) is 13.3 Å². The van der Waals surface area contributed by atoms with Gasteiger partial charge in [-0.25, -0.2) is 0 Å². The Hall–Kier alpha value is -0.110. The molecule has 0 aromatic heterocycles. The van der Waals surface area contributed by atoms with E-state index in [1.807, 2.05) is 4.90 Å². The Labute approximate surface area is 145 Å². The summed E-state index contributed by atoms with van der Waals surface area (Å²) in [6.07, 6.45) is 1.06. The first-order valence-electron chi connectivity index (χ1n) is 7.59. The molecule has 2 heterocycles. The summed E-state index contributed by atoms with van der Waals surface area (Å²) in [5, 5.41) is 3.24. The Balaban J connectivity index is 0.00000220. The van der Waals surface area contributed by atoms with Gasteiger partial charge in [0.2, 0.25) is 5.91 Å². The fourth-order valence-electron chi connectivity index (χ4n) is 2.93. The second kappa shape index (κ2) is 11.4. The number of morpholine rings is 1. The Bertz CT molecular complexity index is 318. The van der Waals surface area contributed by atoms with Crippen molar-refractivity contribution in [3.8, 4) is 0 Å². The third kappa shape index (κ3) is 5.83. The van der Waals surface area contributed by atoms with Crippen molar-refractivity contribution in [2.75, 3.05) is 59.7 Å². The third-order valence-corrected chi connectivity index (χ3v) is 4.19. The predicted molar refractivity (Wildman–Crippen MR) is 91.2 cm³/mol. The lowest BCUT2D eigenvalue weighted by Crippen LogP contribution is -2.60. The van der Waals surface area contributed by atoms with Crippen molar-refractivity contribution in [3.05, 3.63) is 0 Å². The third-order valence-electron chi connectivity index (χ3n) is 4.19. The Kier molecular flexibility index (Phi) is 11.4. The standard InChI is InChI=1S/C14H27N3O3.2ClH/c1-3-12-10-17(6-5-16(12)7-9-19-2)14(18)13-11-20-8-4-15-13;;/h12-13,15H,3-11H2,1-2H3;2*1H. The number of halogens is 2. The molecule has 2 rings (SSSR count). The zero-order valence-corrected chi connectivity index (χ0v) is 15.1. The molecule has 0 aromatic carbocycles. The van der Waals surface area contributed by atoms with Crippen LogP contribution in [0.25, 0.3) is 0 Å². The van der Waals surface area contributed by atoms with Crippen molar-refractivity contribution in [1.82, 2.24) is 15.1 Å². The van der Waals surface area contributed by atoms with Crippen LogP contribution >= 0.6 is 24.8 Å². The maximum absolute atomic E-state index is 12.5. The summed E-state index contributed by atoms with van der Waals surface area (Å²) in [4.78, 5) is 16.9. The number of piperazine rings is 1. The van der Waals surface area contributed by atoms with Gasteiger partial charge in [0.05, 0.1) is 19.8 Å². The number of amides is 1. The largest absolute Gasteiger partial charge is 0.383 e. The first-order valence-corrected chi connectivity index (χ1v) is 7.59. The van der Waals surface area contributed by atoms with E-state index < -0.39 is 0 Å². The van der Waals surface area contributed by atoms with E-state index >= 15 is 0 Å². The zero-order chi connectivity index (χ0) is 14.4. The van der Waals surface area contributed by atoms with Gasteiger partial charge >= 0.3 is 0 Å². The maximum atomic E-state index is 12.5. The molecule has 2 atom stereocenters. The molecule has 8 heteroatoms. The van der Waals surface area contributed by atoms with Crippen LogP contribution in [0, 0.1) is 0 Å². The fourth-order valence-corrected chi connectivity index (χ4v) is 2.93. The van der Waals surface area contributed by atoms with E-state index in [4.69, 9.17) is 9.47 Å². The minimum absolute atomic E-state index is 0. The number of nitrogens with one attached hydrogen (secondary N) is 1. The Morgan fingerprint density at radius 3 is 2.73 bits per heavy atom. The van der Waals surface area contributed by atoms with Gasteiger partial charge in [-0.15, -0.1) is 24.8 Å². The number of hydrogen-bond acceptors (Lipinski definition) is 5. The highest BCUT2D eigenvalue weighted by atomic mass is 35.5. The van der Waals surface area contributed by atoms with E-state index in [9.17, 15) is 4.79 Å². The molecule has 2 fully saturated rings. The highest BCUT2D eigenvalue weighted by Crippen LogP contribution is 2.14. The first kappa shape index (κ1) is 21.9. The summed E-state index contributed by atoms with van der Waals surface area (Å²) in [5.74, 6) is 0.189. The van der Waals surface area contributed by atoms with E-state index in [0.29, 0.717) is 19.3 Å². The van der Waals surface area contributed by atoms with Crippen LogP contribution < -0.4 is 5.32 Å². The molecule has 0 saturated carbocycles. The molecular weight excluding hydrogens is 329 g/mol. The molecule has 6 nitrogen and oxygen atoms in total. The molecule has 0 bridgehead atoms. The fraction of sp³-hybridized carbons (Fsp3) is 0.929. The minimum atomic E-state index is -0.160. The van der Waals surface area contributed by atoms with Crippen LogP contribution in [-0.4, -0.2) is 87.4 Å². The van der Waals surface area contributed by atoms with E-state index in [-0.39, 0.29) is 36.8 Å². The van der Waals surface area contributed by atoms with Crippen molar-refractivity contribution in [2.45, 2.75) is 25.4 Å². The summed E-state index contributed by atoms with van der Waals surface area (Å²) in [6, 6.07) is 0.277. The molecule has 2 aliphatic heterocycles. The minimum Gasteiger partial charge on any atom is -0.383 e. The number of carbonyl (C=O) groups is 1. The highest BCUT2D eigenvalue weighted by Gasteiger charge is 2.32. The molecule has 1 N–H and O–H groups in total. The Morgan fingerprint density at radius 2 is 2.14 bits per heavy atom. The molecule has 0 spiro atoms. The summed E-state index contributed by atoms with van der Waals surface area (Å²) in [6.45, 7) is 8.40. The van der Waals surface area contributed by atoms with E-state index in [1.54, 1.807) is 7.11 Å². The van der Waals surface area contributed by atoms with Crippen LogP contribution in [0.3, 0.4) is 0 Å². The number of rotatable bonds is 5. The highest BCUT2D eigenvalue weighted by molar-refractivity contribution is 5.85. The van der Waals surface area contributed by atoms with Crippen molar-refractivity contribution in [1.29, 1.82) is 0 Å². The van der Waals surface area contributed by atoms with Crippen molar-refractivity contribution in [3.63, 3.8) is 0 Å². The van der Waals surface area contributed by atoms with E-state index in [2.05, 4.69) is 17.1 Å². The lowest BCUT2D eigenvalue weighted by molar-refractivity contribution is -0.139. The van der Waals surface area contributed by atoms with E-state index in [0.717, 1.165) is 45.8 Å². The first-order chi connectivity index (χ1) is 9.76. The van der Waals surface area contributed by atoms with Crippen LogP contribution in [0.5, 0.6) is 0 Å². The molecule has 0 aromatic rings. The normalized spacial score (nSPS) is 26.0.